The van der Waals surface area contributed by atoms with Crippen molar-refractivity contribution >= 4 is 11.8 Å². The number of rotatable bonds is 5. The molecular weight excluding hydrogens is 414 g/mol. The van der Waals surface area contributed by atoms with Gasteiger partial charge >= 0.3 is 0 Å². The highest BCUT2D eigenvalue weighted by Crippen LogP contribution is 2.24. The molecule has 0 spiro atoms. The maximum atomic E-state index is 13.3. The summed E-state index contributed by atoms with van der Waals surface area (Å²) in [6.45, 7) is 4.63. The lowest BCUT2D eigenvalue weighted by molar-refractivity contribution is -0.164. The Labute approximate surface area is 194 Å². The molecular formula is C26H29N5O2. The SMILES string of the molecule is Cc1ccc(-n2cc(CN3CCN4C(=O)[C@H](Cc5ccccc5)N(C)C(=O)[C@H]4C3)cn2)cc1. The van der Waals surface area contributed by atoms with Crippen LogP contribution in [0.4, 0.5) is 0 Å². The van der Waals surface area contributed by atoms with Crippen LogP contribution in [0.3, 0.4) is 0 Å². The van der Waals surface area contributed by atoms with Gasteiger partial charge in [-0.15, -0.1) is 0 Å². The van der Waals surface area contributed by atoms with E-state index in [1.165, 1.54) is 5.56 Å². The normalized spacial score (nSPS) is 21.4. The molecule has 3 heterocycles. The Morgan fingerprint density at radius 3 is 2.45 bits per heavy atom. The maximum absolute atomic E-state index is 13.3. The van der Waals surface area contributed by atoms with E-state index in [9.17, 15) is 9.59 Å². The Bertz CT molecular complexity index is 1140. The third-order valence-corrected chi connectivity index (χ3v) is 6.75. The lowest BCUT2D eigenvalue weighted by atomic mass is 9.97. The van der Waals surface area contributed by atoms with Crippen molar-refractivity contribution in [3.63, 3.8) is 0 Å². The van der Waals surface area contributed by atoms with Gasteiger partial charge in [0.15, 0.2) is 0 Å². The molecule has 5 rings (SSSR count). The van der Waals surface area contributed by atoms with E-state index < -0.39 is 12.1 Å². The molecule has 2 atom stereocenters. The van der Waals surface area contributed by atoms with Crippen molar-refractivity contribution in [2.45, 2.75) is 32.0 Å². The van der Waals surface area contributed by atoms with Crippen molar-refractivity contribution in [1.29, 1.82) is 0 Å². The van der Waals surface area contributed by atoms with Crippen LogP contribution in [-0.2, 0) is 22.6 Å². The second-order valence-corrected chi connectivity index (χ2v) is 9.07. The summed E-state index contributed by atoms with van der Waals surface area (Å²) in [6, 6.07) is 17.3. The number of carbonyl (C=O) groups is 2. The predicted molar refractivity (Wildman–Crippen MR) is 126 cm³/mol. The van der Waals surface area contributed by atoms with Gasteiger partial charge in [0.1, 0.15) is 12.1 Å². The Balaban J connectivity index is 1.25. The first-order valence-corrected chi connectivity index (χ1v) is 11.4. The number of carbonyl (C=O) groups excluding carboxylic acids is 2. The highest BCUT2D eigenvalue weighted by Gasteiger charge is 2.46. The molecule has 7 heteroatoms. The molecule has 2 fully saturated rings. The predicted octanol–water partition coefficient (Wildman–Crippen LogP) is 2.28. The quantitative estimate of drug-likeness (QED) is 0.607. The van der Waals surface area contributed by atoms with E-state index in [4.69, 9.17) is 0 Å². The minimum Gasteiger partial charge on any atom is -0.332 e. The summed E-state index contributed by atoms with van der Waals surface area (Å²) in [6.07, 6.45) is 4.46. The van der Waals surface area contributed by atoms with Crippen molar-refractivity contribution in [2.75, 3.05) is 26.7 Å². The lowest BCUT2D eigenvalue weighted by Gasteiger charge is -2.48. The summed E-state index contributed by atoms with van der Waals surface area (Å²) in [5.41, 5.74) is 4.40. The number of aryl methyl sites for hydroxylation is 1. The van der Waals surface area contributed by atoms with Crippen LogP contribution in [0.5, 0.6) is 0 Å². The van der Waals surface area contributed by atoms with Gasteiger partial charge in [0.05, 0.1) is 11.9 Å². The Morgan fingerprint density at radius 2 is 1.70 bits per heavy atom. The first-order valence-electron chi connectivity index (χ1n) is 11.4. The molecule has 0 aliphatic carbocycles. The van der Waals surface area contributed by atoms with Gasteiger partial charge in [-0.25, -0.2) is 4.68 Å². The topological polar surface area (TPSA) is 61.7 Å². The Kier molecular flexibility index (Phi) is 5.72. The smallest absolute Gasteiger partial charge is 0.247 e. The molecule has 0 saturated carbocycles. The van der Waals surface area contributed by atoms with Gasteiger partial charge in [-0.1, -0.05) is 48.0 Å². The molecule has 2 saturated heterocycles. The van der Waals surface area contributed by atoms with E-state index in [1.54, 1.807) is 16.8 Å². The molecule has 170 valence electrons. The largest absolute Gasteiger partial charge is 0.332 e. The van der Waals surface area contributed by atoms with Gasteiger partial charge in [0.25, 0.3) is 0 Å². The Hall–Kier alpha value is -3.45. The minimum absolute atomic E-state index is 0.0237. The van der Waals surface area contributed by atoms with Crippen LogP contribution in [0.15, 0.2) is 67.0 Å². The number of nitrogens with zero attached hydrogens (tertiary/aromatic N) is 5. The molecule has 3 aromatic rings. The van der Waals surface area contributed by atoms with E-state index in [2.05, 4.69) is 41.2 Å². The number of amides is 2. The summed E-state index contributed by atoms with van der Waals surface area (Å²) in [5, 5.41) is 4.50. The van der Waals surface area contributed by atoms with Crippen LogP contribution in [0.1, 0.15) is 16.7 Å². The highest BCUT2D eigenvalue weighted by atomic mass is 16.2. The van der Waals surface area contributed by atoms with E-state index in [0.717, 1.165) is 23.4 Å². The maximum Gasteiger partial charge on any atom is 0.247 e. The fourth-order valence-electron chi connectivity index (χ4n) is 4.80. The fourth-order valence-corrected chi connectivity index (χ4v) is 4.80. The zero-order valence-corrected chi connectivity index (χ0v) is 19.1. The number of fused-ring (bicyclic) bond motifs is 1. The number of aromatic nitrogens is 2. The van der Waals surface area contributed by atoms with E-state index in [1.807, 2.05) is 47.4 Å². The second-order valence-electron chi connectivity index (χ2n) is 9.07. The highest BCUT2D eigenvalue weighted by molar-refractivity contribution is 5.97. The summed E-state index contributed by atoms with van der Waals surface area (Å²) < 4.78 is 1.88. The third kappa shape index (κ3) is 4.28. The van der Waals surface area contributed by atoms with E-state index >= 15 is 0 Å². The average Bonchev–Trinajstić information content (AvgIpc) is 3.30. The molecule has 0 bridgehead atoms. The monoisotopic (exact) mass is 443 g/mol. The van der Waals surface area contributed by atoms with Gasteiger partial charge in [0.2, 0.25) is 11.8 Å². The standard InChI is InChI=1S/C26H29N5O2/c1-19-8-10-22(11-9-19)31-17-21(15-27-31)16-29-12-13-30-24(18-29)25(32)28(2)23(26(30)33)14-20-6-4-3-5-7-20/h3-11,15,17,23-24H,12-14,16,18H2,1-2H3/t23-,24+/m0/s1. The van der Waals surface area contributed by atoms with Gasteiger partial charge in [-0.2, -0.15) is 5.10 Å². The molecule has 2 aliphatic heterocycles. The number of hydrogen-bond acceptors (Lipinski definition) is 4. The average molecular weight is 444 g/mol. The number of hydrogen-bond donors (Lipinski definition) is 0. The first kappa shape index (κ1) is 21.4. The molecule has 0 N–H and O–H groups in total. The van der Waals surface area contributed by atoms with Crippen LogP contribution < -0.4 is 0 Å². The summed E-state index contributed by atoms with van der Waals surface area (Å²) in [4.78, 5) is 32.2. The molecule has 2 aliphatic rings. The number of benzene rings is 2. The minimum atomic E-state index is -0.435. The van der Waals surface area contributed by atoms with Crippen molar-refractivity contribution in [3.8, 4) is 5.69 Å². The Morgan fingerprint density at radius 1 is 0.939 bits per heavy atom. The van der Waals surface area contributed by atoms with Crippen LogP contribution in [0, 0.1) is 6.92 Å². The van der Waals surface area contributed by atoms with Crippen LogP contribution >= 0.6 is 0 Å². The van der Waals surface area contributed by atoms with E-state index in [-0.39, 0.29) is 11.8 Å². The van der Waals surface area contributed by atoms with Crippen LogP contribution in [0.25, 0.3) is 5.69 Å². The van der Waals surface area contributed by atoms with Crippen molar-refractivity contribution in [3.05, 3.63) is 83.7 Å². The van der Waals surface area contributed by atoms with Gasteiger partial charge < -0.3 is 9.80 Å². The molecule has 1 aromatic heterocycles. The van der Waals surface area contributed by atoms with E-state index in [0.29, 0.717) is 26.1 Å². The number of likely N-dealkylation sites (N-methyl/N-ethyl adjacent to an activating group) is 1. The van der Waals surface area contributed by atoms with Crippen molar-refractivity contribution in [1.82, 2.24) is 24.5 Å². The summed E-state index contributed by atoms with van der Waals surface area (Å²) >= 11 is 0. The molecule has 0 unspecified atom stereocenters. The first-order chi connectivity index (χ1) is 16.0. The van der Waals surface area contributed by atoms with Crippen LogP contribution in [-0.4, -0.2) is 75.1 Å². The molecule has 7 nitrogen and oxygen atoms in total. The molecule has 2 amide bonds. The third-order valence-electron chi connectivity index (χ3n) is 6.75. The van der Waals surface area contributed by atoms with Crippen molar-refractivity contribution < 1.29 is 9.59 Å². The fraction of sp³-hybridized carbons (Fsp3) is 0.346. The van der Waals surface area contributed by atoms with Gasteiger partial charge in [-0.3, -0.25) is 14.5 Å². The molecule has 0 radical (unpaired) electrons. The second kappa shape index (κ2) is 8.83. The lowest BCUT2D eigenvalue weighted by Crippen LogP contribution is -2.69. The number of piperazine rings is 2. The van der Waals surface area contributed by atoms with Gasteiger partial charge in [0, 0.05) is 51.4 Å². The van der Waals surface area contributed by atoms with Gasteiger partial charge in [-0.05, 0) is 24.6 Å². The zero-order valence-electron chi connectivity index (χ0n) is 19.1. The van der Waals surface area contributed by atoms with Crippen molar-refractivity contribution in [2.24, 2.45) is 0 Å². The summed E-state index contributed by atoms with van der Waals surface area (Å²) in [7, 11) is 1.76. The van der Waals surface area contributed by atoms with Crippen LogP contribution in [0.2, 0.25) is 0 Å². The zero-order chi connectivity index (χ0) is 22.9. The molecule has 2 aromatic carbocycles. The summed E-state index contributed by atoms with van der Waals surface area (Å²) in [5.74, 6) is 0.0772. The molecule has 33 heavy (non-hydrogen) atoms.